The van der Waals surface area contributed by atoms with Gasteiger partial charge in [0.25, 0.3) is 0 Å². The van der Waals surface area contributed by atoms with Crippen LogP contribution in [0, 0.1) is 5.82 Å². The summed E-state index contributed by atoms with van der Waals surface area (Å²) >= 11 is 0. The van der Waals surface area contributed by atoms with Crippen molar-refractivity contribution in [3.63, 3.8) is 0 Å². The van der Waals surface area contributed by atoms with Crippen LogP contribution in [0.25, 0.3) is 0 Å². The van der Waals surface area contributed by atoms with E-state index in [2.05, 4.69) is 0 Å². The van der Waals surface area contributed by atoms with E-state index in [1.165, 1.54) is 25.1 Å². The third-order valence-corrected chi connectivity index (χ3v) is 1.92. The minimum atomic E-state index is -1.16. The molecule has 1 atom stereocenters. The van der Waals surface area contributed by atoms with Crippen molar-refractivity contribution in [3.8, 4) is 5.75 Å². The van der Waals surface area contributed by atoms with Crippen LogP contribution in [0.15, 0.2) is 18.2 Å². The molecule has 72 valence electrons. The highest BCUT2D eigenvalue weighted by Gasteiger charge is 2.24. The SMILES string of the molecule is C[C@@](N)(CO)c1cccc(O)c1F. The zero-order valence-electron chi connectivity index (χ0n) is 7.29. The van der Waals surface area contributed by atoms with Crippen LogP contribution >= 0.6 is 0 Å². The second-order valence-electron chi connectivity index (χ2n) is 3.21. The molecule has 0 unspecified atom stereocenters. The Morgan fingerprint density at radius 2 is 2.15 bits per heavy atom. The monoisotopic (exact) mass is 185 g/mol. The largest absolute Gasteiger partial charge is 0.505 e. The van der Waals surface area contributed by atoms with Gasteiger partial charge < -0.3 is 15.9 Å². The molecule has 0 aliphatic carbocycles. The van der Waals surface area contributed by atoms with Crippen LogP contribution in [0.2, 0.25) is 0 Å². The van der Waals surface area contributed by atoms with Crippen LogP contribution in [0.3, 0.4) is 0 Å². The Morgan fingerprint density at radius 3 is 2.69 bits per heavy atom. The average Bonchev–Trinajstić information content (AvgIpc) is 2.09. The summed E-state index contributed by atoms with van der Waals surface area (Å²) in [6, 6.07) is 4.14. The molecule has 0 aliphatic rings. The lowest BCUT2D eigenvalue weighted by Crippen LogP contribution is -2.37. The number of benzene rings is 1. The summed E-state index contributed by atoms with van der Waals surface area (Å²) in [7, 11) is 0. The first kappa shape index (κ1) is 9.95. The van der Waals surface area contributed by atoms with E-state index >= 15 is 0 Å². The zero-order valence-corrected chi connectivity index (χ0v) is 7.29. The van der Waals surface area contributed by atoms with Gasteiger partial charge in [0.05, 0.1) is 12.1 Å². The lowest BCUT2D eigenvalue weighted by Gasteiger charge is -2.22. The van der Waals surface area contributed by atoms with Gasteiger partial charge >= 0.3 is 0 Å². The molecule has 13 heavy (non-hydrogen) atoms. The van der Waals surface area contributed by atoms with Gasteiger partial charge in [0.1, 0.15) is 0 Å². The summed E-state index contributed by atoms with van der Waals surface area (Å²) in [6.45, 7) is 1.11. The van der Waals surface area contributed by atoms with Gasteiger partial charge in [0.2, 0.25) is 0 Å². The molecule has 0 heterocycles. The maximum absolute atomic E-state index is 13.2. The van der Waals surface area contributed by atoms with Gasteiger partial charge in [-0.15, -0.1) is 0 Å². The number of nitrogens with two attached hydrogens (primary N) is 1. The van der Waals surface area contributed by atoms with Crippen molar-refractivity contribution < 1.29 is 14.6 Å². The molecule has 1 rings (SSSR count). The summed E-state index contributed by atoms with van der Waals surface area (Å²) in [6.07, 6.45) is 0. The minimum absolute atomic E-state index is 0.106. The molecular formula is C9H12FNO2. The van der Waals surface area contributed by atoms with E-state index in [1.54, 1.807) is 0 Å². The number of hydrogen-bond acceptors (Lipinski definition) is 3. The van der Waals surface area contributed by atoms with Crippen molar-refractivity contribution in [1.29, 1.82) is 0 Å². The smallest absolute Gasteiger partial charge is 0.169 e. The van der Waals surface area contributed by atoms with E-state index in [1.807, 2.05) is 0 Å². The van der Waals surface area contributed by atoms with Crippen molar-refractivity contribution in [1.82, 2.24) is 0 Å². The Bertz CT molecular complexity index is 312. The number of rotatable bonds is 2. The Balaban J connectivity index is 3.22. The van der Waals surface area contributed by atoms with Crippen LogP contribution in [-0.4, -0.2) is 16.8 Å². The van der Waals surface area contributed by atoms with E-state index in [0.717, 1.165) is 0 Å². The lowest BCUT2D eigenvalue weighted by atomic mass is 9.93. The summed E-state index contributed by atoms with van der Waals surface area (Å²) in [5.74, 6) is -1.23. The van der Waals surface area contributed by atoms with Gasteiger partial charge in [-0.3, -0.25) is 0 Å². The van der Waals surface area contributed by atoms with E-state index in [9.17, 15) is 4.39 Å². The molecule has 0 radical (unpaired) electrons. The first-order valence-electron chi connectivity index (χ1n) is 3.87. The topological polar surface area (TPSA) is 66.5 Å². The summed E-state index contributed by atoms with van der Waals surface area (Å²) < 4.78 is 13.2. The maximum Gasteiger partial charge on any atom is 0.169 e. The molecule has 1 aromatic carbocycles. The minimum Gasteiger partial charge on any atom is -0.505 e. The molecule has 0 amide bonds. The van der Waals surface area contributed by atoms with Crippen LogP contribution in [0.4, 0.5) is 4.39 Å². The molecule has 0 saturated carbocycles. The van der Waals surface area contributed by atoms with Crippen LogP contribution in [0.1, 0.15) is 12.5 Å². The first-order chi connectivity index (χ1) is 5.99. The zero-order chi connectivity index (χ0) is 10.1. The molecular weight excluding hydrogens is 173 g/mol. The molecule has 4 heteroatoms. The number of halogens is 1. The molecule has 3 nitrogen and oxygen atoms in total. The predicted octanol–water partition coefficient (Wildman–Crippen LogP) is 0.698. The van der Waals surface area contributed by atoms with Crippen molar-refractivity contribution in [3.05, 3.63) is 29.6 Å². The van der Waals surface area contributed by atoms with Gasteiger partial charge in [-0.05, 0) is 13.0 Å². The second-order valence-corrected chi connectivity index (χ2v) is 3.21. The van der Waals surface area contributed by atoms with E-state index in [-0.39, 0.29) is 12.2 Å². The Morgan fingerprint density at radius 1 is 1.54 bits per heavy atom. The molecule has 0 aliphatic heterocycles. The van der Waals surface area contributed by atoms with Crippen LogP contribution < -0.4 is 5.73 Å². The Labute approximate surface area is 75.6 Å². The molecule has 0 spiro atoms. The quantitative estimate of drug-likeness (QED) is 0.635. The summed E-state index contributed by atoms with van der Waals surface area (Å²) in [5, 5.41) is 17.9. The van der Waals surface area contributed by atoms with Gasteiger partial charge in [0.15, 0.2) is 11.6 Å². The van der Waals surface area contributed by atoms with Crippen LogP contribution in [-0.2, 0) is 5.54 Å². The fourth-order valence-electron chi connectivity index (χ4n) is 1.05. The molecule has 0 fully saturated rings. The first-order valence-corrected chi connectivity index (χ1v) is 3.87. The average molecular weight is 185 g/mol. The number of phenols is 1. The fraction of sp³-hybridized carbons (Fsp3) is 0.333. The third-order valence-electron chi connectivity index (χ3n) is 1.92. The van der Waals surface area contributed by atoms with E-state index in [0.29, 0.717) is 0 Å². The third kappa shape index (κ3) is 1.79. The molecule has 0 saturated heterocycles. The lowest BCUT2D eigenvalue weighted by molar-refractivity contribution is 0.205. The number of phenolic OH excluding ortho intramolecular Hbond substituents is 1. The second kappa shape index (κ2) is 3.32. The van der Waals surface area contributed by atoms with Crippen molar-refractivity contribution in [2.45, 2.75) is 12.5 Å². The van der Waals surface area contributed by atoms with Gasteiger partial charge in [-0.25, -0.2) is 4.39 Å². The Kier molecular flexibility index (Phi) is 2.54. The molecule has 0 bridgehead atoms. The van der Waals surface area contributed by atoms with Crippen molar-refractivity contribution >= 4 is 0 Å². The number of aliphatic hydroxyl groups excluding tert-OH is 1. The summed E-state index contributed by atoms with van der Waals surface area (Å²) in [5.41, 5.74) is 4.55. The van der Waals surface area contributed by atoms with Gasteiger partial charge in [-0.2, -0.15) is 0 Å². The van der Waals surface area contributed by atoms with Gasteiger partial charge in [-0.1, -0.05) is 12.1 Å². The number of hydrogen-bond donors (Lipinski definition) is 3. The molecule has 1 aromatic rings. The highest BCUT2D eigenvalue weighted by molar-refractivity contribution is 5.34. The van der Waals surface area contributed by atoms with Crippen molar-refractivity contribution in [2.75, 3.05) is 6.61 Å². The highest BCUT2D eigenvalue weighted by Crippen LogP contribution is 2.26. The summed E-state index contributed by atoms with van der Waals surface area (Å²) in [4.78, 5) is 0. The van der Waals surface area contributed by atoms with Gasteiger partial charge in [0, 0.05) is 5.56 Å². The normalized spacial score (nSPS) is 15.4. The maximum atomic E-state index is 13.2. The predicted molar refractivity (Wildman–Crippen MR) is 46.7 cm³/mol. The van der Waals surface area contributed by atoms with E-state index < -0.39 is 17.1 Å². The van der Waals surface area contributed by atoms with E-state index in [4.69, 9.17) is 15.9 Å². The standard InChI is InChI=1S/C9H12FNO2/c1-9(11,5-12)6-3-2-4-7(13)8(6)10/h2-4,12-13H,5,11H2,1H3/t9-/m1/s1. The molecule has 0 aromatic heterocycles. The fourth-order valence-corrected chi connectivity index (χ4v) is 1.05. The van der Waals surface area contributed by atoms with Crippen molar-refractivity contribution in [2.24, 2.45) is 5.73 Å². The van der Waals surface area contributed by atoms with Crippen LogP contribution in [0.5, 0.6) is 5.75 Å². The molecule has 4 N–H and O–H groups in total. The number of aromatic hydroxyl groups is 1. The number of aliphatic hydroxyl groups is 1. The highest BCUT2D eigenvalue weighted by atomic mass is 19.1. The Hall–Kier alpha value is -1.13.